The zero-order valence-corrected chi connectivity index (χ0v) is 12.8. The normalized spacial score (nSPS) is 23.0. The van der Waals surface area contributed by atoms with Gasteiger partial charge in [0.1, 0.15) is 11.9 Å². The predicted octanol–water partition coefficient (Wildman–Crippen LogP) is 3.57. The molecule has 0 bridgehead atoms. The molecule has 0 amide bonds. The summed E-state index contributed by atoms with van der Waals surface area (Å²) in [6.07, 6.45) is 1.64. The molecule has 0 saturated carbocycles. The Labute approximate surface area is 139 Å². The maximum absolute atomic E-state index is 12.2. The number of benzene rings is 2. The van der Waals surface area contributed by atoms with E-state index in [-0.39, 0.29) is 11.7 Å². The molecule has 2 aliphatic rings. The van der Waals surface area contributed by atoms with Crippen LogP contribution in [0.4, 0.5) is 0 Å². The highest BCUT2D eigenvalue weighted by atomic mass is 16.6. The van der Waals surface area contributed by atoms with Crippen LogP contribution in [0.5, 0.6) is 0 Å². The van der Waals surface area contributed by atoms with Gasteiger partial charge in [0.05, 0.1) is 11.1 Å². The minimum absolute atomic E-state index is 0.289. The van der Waals surface area contributed by atoms with Gasteiger partial charge in [-0.1, -0.05) is 60.7 Å². The maximum Gasteiger partial charge on any atom is 0.344 e. The Morgan fingerprint density at radius 3 is 2.21 bits per heavy atom. The van der Waals surface area contributed by atoms with Crippen molar-refractivity contribution >= 4 is 17.7 Å². The van der Waals surface area contributed by atoms with E-state index in [4.69, 9.17) is 9.47 Å². The van der Waals surface area contributed by atoms with Crippen LogP contribution in [-0.2, 0) is 19.1 Å². The van der Waals surface area contributed by atoms with Crippen LogP contribution in [0, 0.1) is 0 Å². The highest BCUT2D eigenvalue weighted by Crippen LogP contribution is 2.37. The van der Waals surface area contributed by atoms with Crippen molar-refractivity contribution in [1.82, 2.24) is 0 Å². The molecular weight excluding hydrogens is 304 g/mol. The van der Waals surface area contributed by atoms with Crippen LogP contribution in [0.2, 0.25) is 0 Å². The van der Waals surface area contributed by atoms with Crippen LogP contribution in [0.15, 0.2) is 77.9 Å². The SMILES string of the molecule is O=C1OC(c2ccccc2)=C/C1=C1/CC(c2ccccc2)OC1=O. The number of rotatable bonds is 2. The number of carbonyl (C=O) groups excluding carboxylic acids is 2. The van der Waals surface area contributed by atoms with Gasteiger partial charge in [-0.2, -0.15) is 0 Å². The summed E-state index contributed by atoms with van der Waals surface area (Å²) in [7, 11) is 0. The van der Waals surface area contributed by atoms with E-state index in [9.17, 15) is 9.59 Å². The molecule has 1 atom stereocenters. The third-order valence-corrected chi connectivity index (χ3v) is 4.14. The van der Waals surface area contributed by atoms with Gasteiger partial charge < -0.3 is 9.47 Å². The van der Waals surface area contributed by atoms with Crippen molar-refractivity contribution in [3.8, 4) is 0 Å². The van der Waals surface area contributed by atoms with Gasteiger partial charge in [-0.15, -0.1) is 0 Å². The Hall–Kier alpha value is -3.14. The predicted molar refractivity (Wildman–Crippen MR) is 87.4 cm³/mol. The van der Waals surface area contributed by atoms with Gasteiger partial charge in [-0.05, 0) is 11.6 Å². The average Bonchev–Trinajstić information content (AvgIpc) is 3.19. The third kappa shape index (κ3) is 2.52. The quantitative estimate of drug-likeness (QED) is 0.627. The van der Waals surface area contributed by atoms with E-state index in [1.54, 1.807) is 6.08 Å². The summed E-state index contributed by atoms with van der Waals surface area (Å²) in [6, 6.07) is 18.8. The Balaban J connectivity index is 1.68. The molecule has 1 fully saturated rings. The van der Waals surface area contributed by atoms with Gasteiger partial charge in [-0.3, -0.25) is 0 Å². The molecule has 24 heavy (non-hydrogen) atoms. The molecule has 1 saturated heterocycles. The lowest BCUT2D eigenvalue weighted by atomic mass is 10.0. The van der Waals surface area contributed by atoms with Gasteiger partial charge >= 0.3 is 11.9 Å². The minimum atomic E-state index is -0.505. The minimum Gasteiger partial charge on any atom is -0.454 e. The van der Waals surface area contributed by atoms with E-state index >= 15 is 0 Å². The fourth-order valence-corrected chi connectivity index (χ4v) is 2.91. The van der Waals surface area contributed by atoms with Crippen LogP contribution in [0.1, 0.15) is 23.7 Å². The van der Waals surface area contributed by atoms with E-state index in [2.05, 4.69) is 0 Å². The highest BCUT2D eigenvalue weighted by Gasteiger charge is 2.36. The van der Waals surface area contributed by atoms with Crippen LogP contribution >= 0.6 is 0 Å². The third-order valence-electron chi connectivity index (χ3n) is 4.14. The lowest BCUT2D eigenvalue weighted by Gasteiger charge is -2.07. The fraction of sp³-hybridized carbons (Fsp3) is 0.100. The fourth-order valence-electron chi connectivity index (χ4n) is 2.91. The molecule has 118 valence electrons. The van der Waals surface area contributed by atoms with Gasteiger partial charge in [0.15, 0.2) is 0 Å². The highest BCUT2D eigenvalue weighted by molar-refractivity contribution is 6.08. The number of hydrogen-bond donors (Lipinski definition) is 0. The van der Waals surface area contributed by atoms with Crippen molar-refractivity contribution in [2.24, 2.45) is 0 Å². The molecule has 4 nitrogen and oxygen atoms in total. The van der Waals surface area contributed by atoms with Crippen molar-refractivity contribution < 1.29 is 19.1 Å². The number of cyclic esters (lactones) is 2. The first kappa shape index (κ1) is 14.5. The molecule has 4 rings (SSSR count). The zero-order chi connectivity index (χ0) is 16.5. The molecule has 2 aromatic rings. The van der Waals surface area contributed by atoms with Crippen LogP contribution in [0.25, 0.3) is 5.76 Å². The van der Waals surface area contributed by atoms with E-state index in [0.29, 0.717) is 17.8 Å². The summed E-state index contributed by atoms with van der Waals surface area (Å²) in [5.41, 5.74) is 2.38. The molecule has 2 aliphatic heterocycles. The summed E-state index contributed by atoms with van der Waals surface area (Å²) in [5.74, 6) is -0.505. The van der Waals surface area contributed by atoms with E-state index in [1.165, 1.54) is 0 Å². The smallest absolute Gasteiger partial charge is 0.344 e. The second kappa shape index (κ2) is 5.81. The number of esters is 2. The summed E-state index contributed by atoms with van der Waals surface area (Å²) in [5, 5.41) is 0. The first-order chi connectivity index (χ1) is 11.7. The molecule has 0 aromatic heterocycles. The molecule has 4 heteroatoms. The second-order valence-corrected chi connectivity index (χ2v) is 5.67. The topological polar surface area (TPSA) is 52.6 Å². The summed E-state index contributed by atoms with van der Waals surface area (Å²) < 4.78 is 10.7. The summed E-state index contributed by atoms with van der Waals surface area (Å²) in [6.45, 7) is 0. The average molecular weight is 318 g/mol. The summed E-state index contributed by atoms with van der Waals surface area (Å²) >= 11 is 0. The lowest BCUT2D eigenvalue weighted by Crippen LogP contribution is -2.04. The summed E-state index contributed by atoms with van der Waals surface area (Å²) in [4.78, 5) is 24.4. The molecular formula is C20H14O4. The molecule has 2 aromatic carbocycles. The number of carbonyl (C=O) groups is 2. The Bertz CT molecular complexity index is 863. The van der Waals surface area contributed by atoms with Gasteiger partial charge in [-0.25, -0.2) is 9.59 Å². The van der Waals surface area contributed by atoms with E-state index in [1.807, 2.05) is 60.7 Å². The molecule has 0 N–H and O–H groups in total. The second-order valence-electron chi connectivity index (χ2n) is 5.67. The maximum atomic E-state index is 12.2. The van der Waals surface area contributed by atoms with Crippen molar-refractivity contribution in [2.75, 3.05) is 0 Å². The van der Waals surface area contributed by atoms with Crippen LogP contribution in [-0.4, -0.2) is 11.9 Å². The Morgan fingerprint density at radius 1 is 0.833 bits per heavy atom. The van der Waals surface area contributed by atoms with Crippen molar-refractivity contribution in [3.05, 3.63) is 89.0 Å². The molecule has 0 radical (unpaired) electrons. The van der Waals surface area contributed by atoms with Gasteiger partial charge in [0.2, 0.25) is 0 Å². The van der Waals surface area contributed by atoms with Crippen molar-refractivity contribution in [2.45, 2.75) is 12.5 Å². The lowest BCUT2D eigenvalue weighted by molar-refractivity contribution is -0.139. The number of ether oxygens (including phenoxy) is 2. The zero-order valence-electron chi connectivity index (χ0n) is 12.8. The molecule has 2 heterocycles. The van der Waals surface area contributed by atoms with E-state index < -0.39 is 11.9 Å². The standard InChI is InChI=1S/C20H14O4/c21-19-15(11-17(23-19)13-7-3-1-4-8-13)16-12-18(24-20(16)22)14-9-5-2-6-10-14/h1-11,18H,12H2/b16-15+. The van der Waals surface area contributed by atoms with Crippen molar-refractivity contribution in [1.29, 1.82) is 0 Å². The van der Waals surface area contributed by atoms with Gasteiger partial charge in [0, 0.05) is 12.0 Å². The van der Waals surface area contributed by atoms with Crippen molar-refractivity contribution in [3.63, 3.8) is 0 Å². The largest absolute Gasteiger partial charge is 0.454 e. The van der Waals surface area contributed by atoms with Crippen LogP contribution in [0.3, 0.4) is 0 Å². The molecule has 0 spiro atoms. The van der Waals surface area contributed by atoms with Crippen LogP contribution < -0.4 is 0 Å². The monoisotopic (exact) mass is 318 g/mol. The first-order valence-electron chi connectivity index (χ1n) is 7.71. The van der Waals surface area contributed by atoms with Gasteiger partial charge in [0.25, 0.3) is 0 Å². The van der Waals surface area contributed by atoms with E-state index in [0.717, 1.165) is 11.1 Å². The first-order valence-corrected chi connectivity index (χ1v) is 7.71. The number of hydrogen-bond acceptors (Lipinski definition) is 4. The Morgan fingerprint density at radius 2 is 1.50 bits per heavy atom. The Kier molecular flexibility index (Phi) is 3.50. The molecule has 1 unspecified atom stereocenters. The molecule has 0 aliphatic carbocycles.